The predicted molar refractivity (Wildman–Crippen MR) is 127 cm³/mol. The minimum Gasteiger partial charge on any atom is -0.339 e. The molecule has 1 saturated heterocycles. The number of alkyl halides is 3. The summed E-state index contributed by atoms with van der Waals surface area (Å²) in [6.45, 7) is 7.10. The summed E-state index contributed by atoms with van der Waals surface area (Å²) in [6, 6.07) is 8.09. The topological polar surface area (TPSA) is 52.6 Å². The second-order valence-corrected chi connectivity index (χ2v) is 8.80. The van der Waals surface area contributed by atoms with E-state index in [1.807, 2.05) is 25.7 Å². The van der Waals surface area contributed by atoms with E-state index in [0.29, 0.717) is 30.8 Å². The molecule has 0 radical (unpaired) electrons. The van der Waals surface area contributed by atoms with Gasteiger partial charge in [0, 0.05) is 37.8 Å². The zero-order valence-corrected chi connectivity index (χ0v) is 20.3. The molecule has 2 aliphatic heterocycles. The number of rotatable bonds is 2. The Balaban J connectivity index is 0.00000141. The lowest BCUT2D eigenvalue weighted by molar-refractivity contribution is -0.186. The highest BCUT2D eigenvalue weighted by Gasteiger charge is 2.45. The van der Waals surface area contributed by atoms with Crippen LogP contribution in [0.5, 0.6) is 0 Å². The lowest BCUT2D eigenvalue weighted by Gasteiger charge is -2.40. The Morgan fingerprint density at radius 3 is 2.60 bits per heavy atom. The van der Waals surface area contributed by atoms with Gasteiger partial charge in [-0.25, -0.2) is 9.97 Å². The van der Waals surface area contributed by atoms with Gasteiger partial charge in [-0.1, -0.05) is 44.0 Å². The lowest BCUT2D eigenvalue weighted by atomic mass is 10.1. The molecule has 3 aliphatic rings. The molecule has 5 rings (SSSR count). The number of aryl methyl sites for hydroxylation is 2. The van der Waals surface area contributed by atoms with Gasteiger partial charge >= 0.3 is 12.1 Å². The Morgan fingerprint density at radius 2 is 1.89 bits per heavy atom. The van der Waals surface area contributed by atoms with Crippen molar-refractivity contribution in [3.8, 4) is 12.3 Å². The molecule has 0 spiro atoms. The van der Waals surface area contributed by atoms with Gasteiger partial charge in [-0.2, -0.15) is 13.2 Å². The number of amides is 1. The number of nitrogens with zero attached hydrogens (tertiary/aromatic N) is 5. The minimum atomic E-state index is -4.91. The summed E-state index contributed by atoms with van der Waals surface area (Å²) in [4.78, 5) is 26.1. The smallest absolute Gasteiger partial charge is 0.339 e. The molecule has 0 bridgehead atoms. The zero-order chi connectivity index (χ0) is 25.3. The fourth-order valence-electron chi connectivity index (χ4n) is 5.30. The standard InChI is InChI=1S/C24H24F3N5O.C2H6/c1-3-17-12-30(23(33)24(25,26)27)10-11-32(17)22-19-13-31(14-20(19)28-15(2)29-22)21-9-8-16-6-4-5-7-18(16)21;1-2/h1,4-7,17,21H,8-14H2,2H3;1-2H3. The van der Waals surface area contributed by atoms with Crippen LogP contribution in [-0.4, -0.2) is 57.5 Å². The van der Waals surface area contributed by atoms with Gasteiger partial charge in [-0.3, -0.25) is 9.69 Å². The molecule has 6 nitrogen and oxygen atoms in total. The van der Waals surface area contributed by atoms with Crippen LogP contribution in [-0.2, 0) is 24.3 Å². The number of fused-ring (bicyclic) bond motifs is 2. The summed E-state index contributed by atoms with van der Waals surface area (Å²) >= 11 is 0. The van der Waals surface area contributed by atoms with Gasteiger partial charge < -0.3 is 9.80 Å². The molecule has 1 amide bonds. The number of hydrogen-bond donors (Lipinski definition) is 0. The number of anilines is 1. The van der Waals surface area contributed by atoms with Gasteiger partial charge in [0.15, 0.2) is 0 Å². The normalized spacial score (nSPS) is 21.6. The third-order valence-electron chi connectivity index (χ3n) is 6.81. The molecular formula is C26H30F3N5O. The summed E-state index contributed by atoms with van der Waals surface area (Å²) in [6.07, 6.45) is 2.87. The van der Waals surface area contributed by atoms with Crippen LogP contribution < -0.4 is 4.90 Å². The fraction of sp³-hybridized carbons (Fsp3) is 0.500. The molecule has 0 N–H and O–H groups in total. The van der Waals surface area contributed by atoms with Crippen LogP contribution in [0.3, 0.4) is 0 Å². The van der Waals surface area contributed by atoms with Gasteiger partial charge in [0.25, 0.3) is 0 Å². The second kappa shape index (κ2) is 9.86. The molecule has 1 aliphatic carbocycles. The van der Waals surface area contributed by atoms with Crippen molar-refractivity contribution < 1.29 is 18.0 Å². The maximum atomic E-state index is 12.9. The molecule has 2 atom stereocenters. The molecule has 1 fully saturated rings. The highest BCUT2D eigenvalue weighted by atomic mass is 19.4. The first-order valence-corrected chi connectivity index (χ1v) is 12.0. The van der Waals surface area contributed by atoms with Crippen LogP contribution in [0.2, 0.25) is 0 Å². The summed E-state index contributed by atoms with van der Waals surface area (Å²) in [7, 11) is 0. The lowest BCUT2D eigenvalue weighted by Crippen LogP contribution is -2.57. The van der Waals surface area contributed by atoms with Crippen LogP contribution in [0.15, 0.2) is 24.3 Å². The van der Waals surface area contributed by atoms with Crippen molar-refractivity contribution in [1.82, 2.24) is 19.8 Å². The highest BCUT2D eigenvalue weighted by Crippen LogP contribution is 2.41. The first kappa shape index (κ1) is 25.0. The van der Waals surface area contributed by atoms with E-state index in [1.54, 1.807) is 0 Å². The van der Waals surface area contributed by atoms with Crippen molar-refractivity contribution in [2.24, 2.45) is 0 Å². The third kappa shape index (κ3) is 4.72. The molecule has 2 aromatic rings. The fourth-order valence-corrected chi connectivity index (χ4v) is 5.30. The summed E-state index contributed by atoms with van der Waals surface area (Å²) < 4.78 is 38.8. The Labute approximate surface area is 204 Å². The average molecular weight is 486 g/mol. The van der Waals surface area contributed by atoms with Crippen LogP contribution in [0.4, 0.5) is 19.0 Å². The van der Waals surface area contributed by atoms with Crippen LogP contribution in [0.1, 0.15) is 54.5 Å². The number of benzene rings is 1. The van der Waals surface area contributed by atoms with Crippen LogP contribution >= 0.6 is 0 Å². The molecular weight excluding hydrogens is 455 g/mol. The number of terminal acetylenes is 1. The molecule has 9 heteroatoms. The van der Waals surface area contributed by atoms with Gasteiger partial charge in [0.05, 0.1) is 12.2 Å². The molecule has 35 heavy (non-hydrogen) atoms. The van der Waals surface area contributed by atoms with E-state index in [9.17, 15) is 18.0 Å². The van der Waals surface area contributed by atoms with E-state index < -0.39 is 18.1 Å². The molecule has 1 aromatic carbocycles. The van der Waals surface area contributed by atoms with Gasteiger partial charge in [-0.15, -0.1) is 6.42 Å². The number of halogens is 3. The Bertz CT molecular complexity index is 1140. The largest absolute Gasteiger partial charge is 0.471 e. The number of piperazine rings is 1. The Morgan fingerprint density at radius 1 is 1.14 bits per heavy atom. The number of aromatic nitrogens is 2. The number of carbonyl (C=O) groups is 1. The Kier molecular flexibility index (Phi) is 7.04. The van der Waals surface area contributed by atoms with E-state index in [0.717, 1.165) is 29.0 Å². The minimum absolute atomic E-state index is 0.0614. The number of carbonyl (C=O) groups excluding carboxylic acids is 1. The third-order valence-corrected chi connectivity index (χ3v) is 6.81. The first-order chi connectivity index (χ1) is 16.8. The molecule has 2 unspecified atom stereocenters. The maximum absolute atomic E-state index is 12.9. The Hall–Kier alpha value is -3.12. The van der Waals surface area contributed by atoms with E-state index >= 15 is 0 Å². The van der Waals surface area contributed by atoms with Crippen molar-refractivity contribution in [3.05, 3.63) is 52.5 Å². The zero-order valence-electron chi connectivity index (χ0n) is 20.3. The number of hydrogen-bond acceptors (Lipinski definition) is 5. The molecule has 0 saturated carbocycles. The van der Waals surface area contributed by atoms with Crippen molar-refractivity contribution >= 4 is 11.7 Å². The molecule has 1 aromatic heterocycles. The quantitative estimate of drug-likeness (QED) is 0.602. The van der Waals surface area contributed by atoms with E-state index in [2.05, 4.69) is 45.1 Å². The summed E-state index contributed by atoms with van der Waals surface area (Å²) in [5.41, 5.74) is 4.63. The maximum Gasteiger partial charge on any atom is 0.471 e. The van der Waals surface area contributed by atoms with Crippen molar-refractivity contribution in [3.63, 3.8) is 0 Å². The van der Waals surface area contributed by atoms with E-state index in [4.69, 9.17) is 6.42 Å². The summed E-state index contributed by atoms with van der Waals surface area (Å²) in [5, 5.41) is 0. The van der Waals surface area contributed by atoms with E-state index in [1.165, 1.54) is 11.1 Å². The first-order valence-electron chi connectivity index (χ1n) is 12.0. The second-order valence-electron chi connectivity index (χ2n) is 8.80. The van der Waals surface area contributed by atoms with Crippen molar-refractivity contribution in [2.75, 3.05) is 24.5 Å². The van der Waals surface area contributed by atoms with Gasteiger partial charge in [-0.05, 0) is 30.9 Å². The average Bonchev–Trinajstić information content (AvgIpc) is 3.47. The molecule has 186 valence electrons. The predicted octanol–water partition coefficient (Wildman–Crippen LogP) is 4.03. The van der Waals surface area contributed by atoms with Crippen LogP contribution in [0, 0.1) is 19.3 Å². The monoisotopic (exact) mass is 485 g/mol. The molecule has 3 heterocycles. The van der Waals surface area contributed by atoms with Gasteiger partial charge in [0.1, 0.15) is 17.7 Å². The van der Waals surface area contributed by atoms with Gasteiger partial charge in [0.2, 0.25) is 0 Å². The highest BCUT2D eigenvalue weighted by molar-refractivity contribution is 5.82. The van der Waals surface area contributed by atoms with Crippen molar-refractivity contribution in [2.45, 2.75) is 65.0 Å². The van der Waals surface area contributed by atoms with Crippen molar-refractivity contribution in [1.29, 1.82) is 0 Å². The summed E-state index contributed by atoms with van der Waals surface area (Å²) in [5.74, 6) is 1.99. The van der Waals surface area contributed by atoms with Crippen LogP contribution in [0.25, 0.3) is 0 Å². The SMILES string of the molecule is C#CC1CN(C(=O)C(F)(F)F)CCN1c1nc(C)nc2c1CN(C1CCc3ccccc31)C2.CC. The van der Waals surface area contributed by atoms with E-state index in [-0.39, 0.29) is 19.6 Å².